The first-order chi connectivity index (χ1) is 20.5. The molecule has 0 atom stereocenters. The van der Waals surface area contributed by atoms with Gasteiger partial charge in [-0.05, 0) is 61.9 Å². The van der Waals surface area contributed by atoms with Crippen LogP contribution in [0.2, 0.25) is 0 Å². The Balaban J connectivity index is 1.37. The summed E-state index contributed by atoms with van der Waals surface area (Å²) in [5.41, 5.74) is 6.31. The Bertz CT molecular complexity index is 1760. The number of rotatable bonds is 10. The number of carbonyl (C=O) groups excluding carboxylic acids is 2. The summed E-state index contributed by atoms with van der Waals surface area (Å²) >= 11 is 3.44. The van der Waals surface area contributed by atoms with Crippen molar-refractivity contribution in [2.75, 3.05) is 13.2 Å². The number of amides is 1. The van der Waals surface area contributed by atoms with Crippen molar-refractivity contribution < 1.29 is 23.8 Å². The van der Waals surface area contributed by atoms with Crippen molar-refractivity contribution in [3.05, 3.63) is 112 Å². The Morgan fingerprint density at radius 2 is 1.57 bits per heavy atom. The van der Waals surface area contributed by atoms with Gasteiger partial charge in [-0.25, -0.2) is 10.2 Å². The first-order valence-corrected chi connectivity index (χ1v) is 14.2. The van der Waals surface area contributed by atoms with Gasteiger partial charge in [0, 0.05) is 26.5 Å². The zero-order valence-electron chi connectivity index (χ0n) is 23.0. The number of hydrogen-bond donors (Lipinski definition) is 2. The number of esters is 1. The lowest BCUT2D eigenvalue weighted by molar-refractivity contribution is 0.0733. The number of benzene rings is 4. The summed E-state index contributed by atoms with van der Waals surface area (Å²) in [5, 5.41) is 5.11. The maximum absolute atomic E-state index is 13.3. The molecule has 5 rings (SSSR count). The van der Waals surface area contributed by atoms with E-state index in [0.717, 1.165) is 26.5 Å². The topological polar surface area (TPSA) is 102 Å². The molecule has 0 aliphatic rings. The smallest absolute Gasteiger partial charge is 0.343 e. The van der Waals surface area contributed by atoms with Crippen LogP contribution >= 0.6 is 15.9 Å². The predicted molar refractivity (Wildman–Crippen MR) is 167 cm³/mol. The lowest BCUT2D eigenvalue weighted by Gasteiger charge is -2.13. The molecule has 1 heterocycles. The van der Waals surface area contributed by atoms with Gasteiger partial charge in [0.05, 0.1) is 25.0 Å². The largest absolute Gasteiger partial charge is 0.490 e. The highest BCUT2D eigenvalue weighted by Crippen LogP contribution is 2.33. The van der Waals surface area contributed by atoms with Gasteiger partial charge in [0.25, 0.3) is 5.91 Å². The van der Waals surface area contributed by atoms with Crippen LogP contribution in [0.5, 0.6) is 17.2 Å². The maximum Gasteiger partial charge on any atom is 0.343 e. The van der Waals surface area contributed by atoms with E-state index in [9.17, 15) is 9.59 Å². The zero-order chi connectivity index (χ0) is 29.5. The zero-order valence-corrected chi connectivity index (χ0v) is 24.6. The minimum atomic E-state index is -0.578. The Morgan fingerprint density at radius 1 is 0.857 bits per heavy atom. The molecule has 212 valence electrons. The van der Waals surface area contributed by atoms with E-state index in [0.29, 0.717) is 41.5 Å². The Kier molecular flexibility index (Phi) is 8.99. The number of hydrazone groups is 1. The SMILES string of the molecule is CCOc1ccc(C(=O)Oc2ccc(Br)cc2C=NNC(=O)c2[nH]c3ccccc3c2-c2ccccc2)cc1OCC. The number of para-hydroxylation sites is 1. The normalized spacial score (nSPS) is 11.0. The van der Waals surface area contributed by atoms with Crippen LogP contribution in [0.3, 0.4) is 0 Å². The summed E-state index contributed by atoms with van der Waals surface area (Å²) in [6, 6.07) is 27.5. The van der Waals surface area contributed by atoms with Crippen LogP contribution in [0.4, 0.5) is 0 Å². The highest BCUT2D eigenvalue weighted by molar-refractivity contribution is 9.10. The van der Waals surface area contributed by atoms with Gasteiger partial charge in [-0.1, -0.05) is 64.5 Å². The fraction of sp³-hybridized carbons (Fsp3) is 0.121. The molecule has 0 bridgehead atoms. The summed E-state index contributed by atoms with van der Waals surface area (Å²) in [6.45, 7) is 4.62. The molecule has 0 radical (unpaired) electrons. The molecule has 4 aromatic carbocycles. The third-order valence-electron chi connectivity index (χ3n) is 6.32. The molecule has 1 amide bonds. The predicted octanol–water partition coefficient (Wildman–Crippen LogP) is 7.38. The van der Waals surface area contributed by atoms with Crippen molar-refractivity contribution >= 4 is 44.9 Å². The molecule has 0 aliphatic heterocycles. The molecule has 0 saturated carbocycles. The molecule has 0 saturated heterocycles. The molecule has 8 nitrogen and oxygen atoms in total. The fourth-order valence-electron chi connectivity index (χ4n) is 4.48. The van der Waals surface area contributed by atoms with Gasteiger partial charge in [0.2, 0.25) is 0 Å². The second-order valence-electron chi connectivity index (χ2n) is 9.08. The first-order valence-electron chi connectivity index (χ1n) is 13.4. The molecule has 9 heteroatoms. The minimum Gasteiger partial charge on any atom is -0.490 e. The lowest BCUT2D eigenvalue weighted by atomic mass is 10.0. The summed E-state index contributed by atoms with van der Waals surface area (Å²) in [7, 11) is 0. The average molecular weight is 627 g/mol. The second kappa shape index (κ2) is 13.2. The van der Waals surface area contributed by atoms with Gasteiger partial charge in [-0.3, -0.25) is 4.79 Å². The van der Waals surface area contributed by atoms with E-state index >= 15 is 0 Å². The van der Waals surface area contributed by atoms with Crippen LogP contribution in [0.25, 0.3) is 22.0 Å². The molecular formula is C33H28BrN3O5. The quantitative estimate of drug-likeness (QED) is 0.0729. The Morgan fingerprint density at radius 3 is 2.36 bits per heavy atom. The van der Waals surface area contributed by atoms with Gasteiger partial charge < -0.3 is 19.2 Å². The molecular weight excluding hydrogens is 598 g/mol. The molecule has 2 N–H and O–H groups in total. The van der Waals surface area contributed by atoms with Crippen molar-refractivity contribution in [3.8, 4) is 28.4 Å². The Labute approximate surface area is 251 Å². The van der Waals surface area contributed by atoms with Gasteiger partial charge in [0.1, 0.15) is 11.4 Å². The molecule has 0 unspecified atom stereocenters. The van der Waals surface area contributed by atoms with Crippen molar-refractivity contribution in [2.24, 2.45) is 5.10 Å². The summed E-state index contributed by atoms with van der Waals surface area (Å²) in [5.74, 6) is 0.288. The highest BCUT2D eigenvalue weighted by atomic mass is 79.9. The number of aromatic nitrogens is 1. The lowest BCUT2D eigenvalue weighted by Crippen LogP contribution is -2.19. The van der Waals surface area contributed by atoms with Crippen LogP contribution in [0.1, 0.15) is 40.3 Å². The Hall–Kier alpha value is -4.89. The molecule has 1 aromatic heterocycles. The first kappa shape index (κ1) is 28.6. The molecule has 0 fully saturated rings. The van der Waals surface area contributed by atoms with Crippen LogP contribution in [-0.2, 0) is 0 Å². The number of H-pyrrole nitrogens is 1. The van der Waals surface area contributed by atoms with E-state index in [1.165, 1.54) is 6.21 Å². The van der Waals surface area contributed by atoms with Crippen LogP contribution in [0, 0.1) is 0 Å². The third-order valence-corrected chi connectivity index (χ3v) is 6.81. The maximum atomic E-state index is 13.3. The molecule has 5 aromatic rings. The standard InChI is InChI=1S/C33H28BrN3O5/c1-3-40-28-16-14-22(19-29(28)41-4-2)33(39)42-27-17-15-24(34)18-23(27)20-35-37-32(38)31-30(21-10-6-5-7-11-21)25-12-8-9-13-26(25)36-31/h5-20,36H,3-4H2,1-2H3,(H,37,38). The van der Waals surface area contributed by atoms with Crippen molar-refractivity contribution in [2.45, 2.75) is 13.8 Å². The molecule has 0 spiro atoms. The van der Waals surface area contributed by atoms with E-state index in [4.69, 9.17) is 14.2 Å². The summed E-state index contributed by atoms with van der Waals surface area (Å²) in [6.07, 6.45) is 1.43. The number of fused-ring (bicyclic) bond motifs is 1. The average Bonchev–Trinajstić information content (AvgIpc) is 3.40. The number of nitrogens with one attached hydrogen (secondary N) is 2. The number of carbonyl (C=O) groups is 2. The van der Waals surface area contributed by atoms with E-state index in [1.807, 2.05) is 68.4 Å². The minimum absolute atomic E-state index is 0.267. The van der Waals surface area contributed by atoms with Crippen LogP contribution in [-0.4, -0.2) is 36.3 Å². The number of aromatic amines is 1. The van der Waals surface area contributed by atoms with E-state index in [2.05, 4.69) is 31.4 Å². The van der Waals surface area contributed by atoms with E-state index in [1.54, 1.807) is 36.4 Å². The van der Waals surface area contributed by atoms with E-state index in [-0.39, 0.29) is 5.75 Å². The second-order valence-corrected chi connectivity index (χ2v) is 10.0. The van der Waals surface area contributed by atoms with Crippen molar-refractivity contribution in [1.29, 1.82) is 0 Å². The van der Waals surface area contributed by atoms with Crippen molar-refractivity contribution in [3.63, 3.8) is 0 Å². The van der Waals surface area contributed by atoms with E-state index < -0.39 is 11.9 Å². The molecule has 0 aliphatic carbocycles. The third kappa shape index (κ3) is 6.37. The highest BCUT2D eigenvalue weighted by Gasteiger charge is 2.19. The van der Waals surface area contributed by atoms with Crippen molar-refractivity contribution in [1.82, 2.24) is 10.4 Å². The fourth-order valence-corrected chi connectivity index (χ4v) is 4.86. The molecule has 42 heavy (non-hydrogen) atoms. The number of nitrogens with zero attached hydrogens (tertiary/aromatic N) is 1. The van der Waals surface area contributed by atoms with Gasteiger partial charge in [-0.15, -0.1) is 0 Å². The number of ether oxygens (including phenoxy) is 3. The summed E-state index contributed by atoms with van der Waals surface area (Å²) in [4.78, 5) is 29.6. The van der Waals surface area contributed by atoms with Gasteiger partial charge in [-0.2, -0.15) is 5.10 Å². The van der Waals surface area contributed by atoms with Gasteiger partial charge in [0.15, 0.2) is 11.5 Å². The number of halogens is 1. The summed E-state index contributed by atoms with van der Waals surface area (Å²) < 4.78 is 17.7. The monoisotopic (exact) mass is 625 g/mol. The van der Waals surface area contributed by atoms with Crippen LogP contribution < -0.4 is 19.6 Å². The number of hydrogen-bond acceptors (Lipinski definition) is 6. The van der Waals surface area contributed by atoms with Gasteiger partial charge >= 0.3 is 5.97 Å². The van der Waals surface area contributed by atoms with Crippen LogP contribution in [0.15, 0.2) is 101 Å².